The molecule has 0 N–H and O–H groups in total. The van der Waals surface area contributed by atoms with Gasteiger partial charge in [0, 0.05) is 5.56 Å². The van der Waals surface area contributed by atoms with Crippen molar-refractivity contribution in [2.45, 2.75) is 13.5 Å². The van der Waals surface area contributed by atoms with E-state index in [1.54, 1.807) is 6.92 Å². The Morgan fingerprint density at radius 1 is 1.33 bits per heavy atom. The fraction of sp³-hybridized carbons (Fsp3) is 0.167. The van der Waals surface area contributed by atoms with Gasteiger partial charge < -0.3 is 9.47 Å². The van der Waals surface area contributed by atoms with Crippen LogP contribution in [0.25, 0.3) is 0 Å². The molecule has 1 aliphatic heterocycles. The third-order valence-electron chi connectivity index (χ3n) is 2.22. The maximum Gasteiger partial charge on any atom is 0.387 e. The Morgan fingerprint density at radius 3 is 2.50 bits per heavy atom. The SMILES string of the molecule is C/C=C1/N=C(c2ccc(OC(F)F)cc2)OC1=O. The maximum atomic E-state index is 11.9. The monoisotopic (exact) mass is 253 g/mol. The highest BCUT2D eigenvalue weighted by atomic mass is 19.3. The lowest BCUT2D eigenvalue weighted by Gasteiger charge is -2.04. The van der Waals surface area contributed by atoms with Gasteiger partial charge in [-0.05, 0) is 31.2 Å². The first kappa shape index (κ1) is 12.2. The molecule has 0 spiro atoms. The molecule has 1 aromatic rings. The Hall–Kier alpha value is -2.24. The Morgan fingerprint density at radius 2 is 2.00 bits per heavy atom. The van der Waals surface area contributed by atoms with Gasteiger partial charge >= 0.3 is 12.6 Å². The van der Waals surface area contributed by atoms with E-state index in [0.717, 1.165) is 0 Å². The summed E-state index contributed by atoms with van der Waals surface area (Å²) in [5.74, 6) is -0.345. The number of allylic oxidation sites excluding steroid dienone is 1. The third-order valence-corrected chi connectivity index (χ3v) is 2.22. The van der Waals surface area contributed by atoms with E-state index in [-0.39, 0.29) is 17.3 Å². The predicted octanol–water partition coefficient (Wildman–Crippen LogP) is 2.50. The molecule has 94 valence electrons. The highest BCUT2D eigenvalue weighted by molar-refractivity contribution is 6.11. The van der Waals surface area contributed by atoms with Gasteiger partial charge in [-0.15, -0.1) is 0 Å². The van der Waals surface area contributed by atoms with Crippen LogP contribution in [-0.2, 0) is 9.53 Å². The average molecular weight is 253 g/mol. The standard InChI is InChI=1S/C12H9F2NO3/c1-2-9-11(16)18-10(15-9)7-3-5-8(6-4-7)17-12(13)14/h2-6,12H,1H3/b9-2+. The lowest BCUT2D eigenvalue weighted by Crippen LogP contribution is -2.06. The summed E-state index contributed by atoms with van der Waals surface area (Å²) in [6.45, 7) is -1.20. The number of carbonyl (C=O) groups is 1. The first-order chi connectivity index (χ1) is 8.60. The average Bonchev–Trinajstić information content (AvgIpc) is 2.71. The molecule has 0 saturated carbocycles. The van der Waals surface area contributed by atoms with Crippen molar-refractivity contribution in [1.82, 2.24) is 0 Å². The summed E-state index contributed by atoms with van der Waals surface area (Å²) in [5.41, 5.74) is 0.736. The van der Waals surface area contributed by atoms with Crippen LogP contribution in [0.5, 0.6) is 5.75 Å². The van der Waals surface area contributed by atoms with Gasteiger partial charge in [-0.25, -0.2) is 9.79 Å². The van der Waals surface area contributed by atoms with Crippen LogP contribution in [0.15, 0.2) is 41.0 Å². The Labute approximate surface area is 102 Å². The van der Waals surface area contributed by atoms with Crippen molar-refractivity contribution < 1.29 is 23.0 Å². The molecule has 1 heterocycles. The van der Waals surface area contributed by atoms with Gasteiger partial charge in [0.25, 0.3) is 0 Å². The van der Waals surface area contributed by atoms with Crippen LogP contribution in [0.4, 0.5) is 8.78 Å². The van der Waals surface area contributed by atoms with Crippen LogP contribution in [-0.4, -0.2) is 18.5 Å². The molecule has 0 unspecified atom stereocenters. The van der Waals surface area contributed by atoms with E-state index in [1.807, 2.05) is 0 Å². The van der Waals surface area contributed by atoms with Crippen molar-refractivity contribution >= 4 is 11.9 Å². The van der Waals surface area contributed by atoms with E-state index in [2.05, 4.69) is 9.73 Å². The van der Waals surface area contributed by atoms with Gasteiger partial charge in [0.1, 0.15) is 11.4 Å². The topological polar surface area (TPSA) is 47.9 Å². The van der Waals surface area contributed by atoms with Crippen molar-refractivity contribution in [2.24, 2.45) is 4.99 Å². The number of halogens is 2. The van der Waals surface area contributed by atoms with Gasteiger partial charge in [-0.2, -0.15) is 8.78 Å². The first-order valence-electron chi connectivity index (χ1n) is 5.12. The maximum absolute atomic E-state index is 11.9. The van der Waals surface area contributed by atoms with E-state index in [4.69, 9.17) is 4.74 Å². The second-order valence-corrected chi connectivity index (χ2v) is 3.38. The number of alkyl halides is 2. The fourth-order valence-corrected chi connectivity index (χ4v) is 1.40. The zero-order valence-corrected chi connectivity index (χ0v) is 9.39. The van der Waals surface area contributed by atoms with Crippen LogP contribution in [0.3, 0.4) is 0 Å². The molecule has 0 aromatic heterocycles. The minimum absolute atomic E-state index is 0.0323. The largest absolute Gasteiger partial charge is 0.435 e. The fourth-order valence-electron chi connectivity index (χ4n) is 1.40. The molecule has 0 aliphatic carbocycles. The number of ether oxygens (including phenoxy) is 2. The number of rotatable bonds is 3. The first-order valence-corrected chi connectivity index (χ1v) is 5.12. The van der Waals surface area contributed by atoms with E-state index in [9.17, 15) is 13.6 Å². The molecular formula is C12H9F2NO3. The van der Waals surface area contributed by atoms with E-state index >= 15 is 0 Å². The highest BCUT2D eigenvalue weighted by Crippen LogP contribution is 2.19. The van der Waals surface area contributed by atoms with Gasteiger partial charge in [-0.3, -0.25) is 0 Å². The smallest absolute Gasteiger partial charge is 0.387 e. The molecule has 0 radical (unpaired) electrons. The van der Waals surface area contributed by atoms with Crippen LogP contribution < -0.4 is 4.74 Å². The van der Waals surface area contributed by atoms with E-state index < -0.39 is 12.6 Å². The lowest BCUT2D eigenvalue weighted by molar-refractivity contribution is -0.130. The molecular weight excluding hydrogens is 244 g/mol. The normalized spacial score (nSPS) is 17.0. The van der Waals surface area contributed by atoms with Gasteiger partial charge in [0.05, 0.1) is 0 Å². The molecule has 0 bridgehead atoms. The molecule has 0 saturated heterocycles. The van der Waals surface area contributed by atoms with Gasteiger partial charge in [0.2, 0.25) is 5.90 Å². The number of hydrogen-bond acceptors (Lipinski definition) is 4. The summed E-state index contributed by atoms with van der Waals surface area (Å²) in [7, 11) is 0. The molecule has 0 amide bonds. The molecule has 1 aromatic carbocycles. The summed E-state index contributed by atoms with van der Waals surface area (Å²) < 4.78 is 33.0. The van der Waals surface area contributed by atoms with E-state index in [0.29, 0.717) is 5.56 Å². The minimum Gasteiger partial charge on any atom is -0.435 e. The number of carbonyl (C=O) groups excluding carboxylic acids is 1. The Bertz CT molecular complexity index is 521. The van der Waals surface area contributed by atoms with Crippen LogP contribution in [0.1, 0.15) is 12.5 Å². The number of nitrogens with zero attached hydrogens (tertiary/aromatic N) is 1. The quantitative estimate of drug-likeness (QED) is 0.614. The number of benzene rings is 1. The van der Waals surface area contributed by atoms with Crippen LogP contribution >= 0.6 is 0 Å². The number of hydrogen-bond donors (Lipinski definition) is 0. The van der Waals surface area contributed by atoms with Crippen LogP contribution in [0, 0.1) is 0 Å². The number of cyclic esters (lactones) is 1. The second kappa shape index (κ2) is 4.95. The number of aliphatic imine (C=N–C) groups is 1. The third kappa shape index (κ3) is 2.53. The summed E-state index contributed by atoms with van der Waals surface area (Å²) in [5, 5.41) is 0. The lowest BCUT2D eigenvalue weighted by atomic mass is 10.2. The van der Waals surface area contributed by atoms with Gasteiger partial charge in [-0.1, -0.05) is 6.08 Å². The molecule has 2 rings (SSSR count). The zero-order valence-electron chi connectivity index (χ0n) is 9.39. The molecule has 4 nitrogen and oxygen atoms in total. The molecule has 0 fully saturated rings. The van der Waals surface area contributed by atoms with Gasteiger partial charge in [0.15, 0.2) is 0 Å². The van der Waals surface area contributed by atoms with Crippen molar-refractivity contribution in [1.29, 1.82) is 0 Å². The molecule has 1 aliphatic rings. The predicted molar refractivity (Wildman–Crippen MR) is 59.5 cm³/mol. The van der Waals surface area contributed by atoms with Crippen LogP contribution in [0.2, 0.25) is 0 Å². The summed E-state index contributed by atoms with van der Waals surface area (Å²) in [6, 6.07) is 5.68. The Kier molecular flexibility index (Phi) is 3.36. The minimum atomic E-state index is -2.87. The highest BCUT2D eigenvalue weighted by Gasteiger charge is 2.23. The molecule has 0 atom stereocenters. The van der Waals surface area contributed by atoms with Crippen molar-refractivity contribution in [2.75, 3.05) is 0 Å². The van der Waals surface area contributed by atoms with Crippen molar-refractivity contribution in [3.63, 3.8) is 0 Å². The second-order valence-electron chi connectivity index (χ2n) is 3.38. The summed E-state index contributed by atoms with van der Waals surface area (Å²) >= 11 is 0. The molecule has 18 heavy (non-hydrogen) atoms. The van der Waals surface area contributed by atoms with E-state index in [1.165, 1.54) is 30.3 Å². The van der Waals surface area contributed by atoms with Crippen molar-refractivity contribution in [3.8, 4) is 5.75 Å². The van der Waals surface area contributed by atoms with Crippen molar-refractivity contribution in [3.05, 3.63) is 41.6 Å². The summed E-state index contributed by atoms with van der Waals surface area (Å²) in [6.07, 6.45) is 1.53. The number of esters is 1. The summed E-state index contributed by atoms with van der Waals surface area (Å²) in [4.78, 5) is 15.2. The molecule has 6 heteroatoms. The Balaban J connectivity index is 2.18. The zero-order chi connectivity index (χ0) is 13.1.